The first-order chi connectivity index (χ1) is 12.1. The molecule has 138 valence electrons. The Hall–Kier alpha value is -2.43. The molecule has 1 heterocycles. The van der Waals surface area contributed by atoms with Gasteiger partial charge in [0.05, 0.1) is 18.1 Å². The fourth-order valence-electron chi connectivity index (χ4n) is 5.22. The van der Waals surface area contributed by atoms with Crippen LogP contribution >= 0.6 is 0 Å². The first kappa shape index (κ1) is 17.0. The van der Waals surface area contributed by atoms with E-state index in [-0.39, 0.29) is 33.8 Å². The maximum Gasteiger partial charge on any atom is 0.231 e. The lowest BCUT2D eigenvalue weighted by molar-refractivity contribution is 0.0903. The van der Waals surface area contributed by atoms with E-state index in [0.29, 0.717) is 22.5 Å². The Labute approximate surface area is 152 Å². The van der Waals surface area contributed by atoms with Crippen molar-refractivity contribution in [2.24, 2.45) is 5.41 Å². The average Bonchev–Trinajstić information content (AvgIpc) is 2.95. The SMILES string of the molecule is COC1=C2C(C)(C)CCCC2(C)c2c(c(O)c3cc(C)oc3c2O)C1=O. The van der Waals surface area contributed by atoms with Gasteiger partial charge in [-0.1, -0.05) is 27.2 Å². The molecule has 2 aliphatic rings. The fourth-order valence-corrected chi connectivity index (χ4v) is 5.22. The molecule has 0 spiro atoms. The lowest BCUT2D eigenvalue weighted by Gasteiger charge is -2.49. The molecule has 1 saturated carbocycles. The van der Waals surface area contributed by atoms with E-state index >= 15 is 0 Å². The van der Waals surface area contributed by atoms with E-state index in [1.54, 1.807) is 13.0 Å². The van der Waals surface area contributed by atoms with E-state index < -0.39 is 5.41 Å². The number of methoxy groups -OCH3 is 1. The zero-order valence-corrected chi connectivity index (χ0v) is 15.8. The number of aromatic hydroxyl groups is 2. The smallest absolute Gasteiger partial charge is 0.231 e. The van der Waals surface area contributed by atoms with Gasteiger partial charge in [-0.15, -0.1) is 0 Å². The van der Waals surface area contributed by atoms with Gasteiger partial charge in [-0.25, -0.2) is 0 Å². The van der Waals surface area contributed by atoms with E-state index in [1.807, 2.05) is 6.92 Å². The van der Waals surface area contributed by atoms with Crippen molar-refractivity contribution in [2.75, 3.05) is 7.11 Å². The molecule has 26 heavy (non-hydrogen) atoms. The number of hydrogen-bond donors (Lipinski definition) is 2. The van der Waals surface area contributed by atoms with Gasteiger partial charge >= 0.3 is 0 Å². The predicted octanol–water partition coefficient (Wildman–Crippen LogP) is 4.72. The summed E-state index contributed by atoms with van der Waals surface area (Å²) in [6, 6.07) is 1.64. The summed E-state index contributed by atoms with van der Waals surface area (Å²) < 4.78 is 11.2. The van der Waals surface area contributed by atoms with Crippen LogP contribution in [0, 0.1) is 12.3 Å². The molecule has 1 unspecified atom stereocenters. The minimum atomic E-state index is -0.604. The number of Topliss-reactive ketones (excluding diaryl/α,β-unsaturated/α-hetero) is 1. The topological polar surface area (TPSA) is 79.9 Å². The Kier molecular flexibility index (Phi) is 3.31. The number of carbonyl (C=O) groups is 1. The third-order valence-corrected chi connectivity index (χ3v) is 6.17. The van der Waals surface area contributed by atoms with Gasteiger partial charge in [-0.05, 0) is 36.8 Å². The first-order valence-electron chi connectivity index (χ1n) is 8.96. The van der Waals surface area contributed by atoms with Crippen LogP contribution in [0.25, 0.3) is 11.0 Å². The zero-order valence-electron chi connectivity index (χ0n) is 15.8. The molecule has 1 aromatic heterocycles. The van der Waals surface area contributed by atoms with Crippen LogP contribution in [0.4, 0.5) is 0 Å². The van der Waals surface area contributed by atoms with E-state index in [1.165, 1.54) is 7.11 Å². The summed E-state index contributed by atoms with van der Waals surface area (Å²) in [5.41, 5.74) is 0.876. The number of carbonyl (C=O) groups excluding carboxylic acids is 1. The molecule has 5 heteroatoms. The van der Waals surface area contributed by atoms with Gasteiger partial charge < -0.3 is 19.4 Å². The highest BCUT2D eigenvalue weighted by atomic mass is 16.5. The molecule has 0 bridgehead atoms. The van der Waals surface area contributed by atoms with Gasteiger partial charge in [0.1, 0.15) is 11.5 Å². The van der Waals surface area contributed by atoms with Gasteiger partial charge in [0, 0.05) is 11.0 Å². The normalized spacial score (nSPS) is 24.6. The number of rotatable bonds is 1. The van der Waals surface area contributed by atoms with Crippen molar-refractivity contribution in [3.63, 3.8) is 0 Å². The first-order valence-corrected chi connectivity index (χ1v) is 8.96. The molecule has 0 aliphatic heterocycles. The lowest BCUT2D eigenvalue weighted by Crippen LogP contribution is -2.43. The quantitative estimate of drug-likeness (QED) is 0.723. The third-order valence-electron chi connectivity index (χ3n) is 6.17. The van der Waals surface area contributed by atoms with Crippen LogP contribution < -0.4 is 0 Å². The zero-order chi connectivity index (χ0) is 19.0. The Morgan fingerprint density at radius 1 is 1.15 bits per heavy atom. The van der Waals surface area contributed by atoms with Crippen molar-refractivity contribution < 1.29 is 24.2 Å². The van der Waals surface area contributed by atoms with Crippen LogP contribution in [0.15, 0.2) is 21.8 Å². The number of benzene rings is 1. The van der Waals surface area contributed by atoms with Crippen molar-refractivity contribution in [1.29, 1.82) is 0 Å². The fraction of sp³-hybridized carbons (Fsp3) is 0.476. The summed E-state index contributed by atoms with van der Waals surface area (Å²) in [6.07, 6.45) is 2.65. The van der Waals surface area contributed by atoms with Crippen molar-refractivity contribution in [3.05, 3.63) is 34.3 Å². The summed E-state index contributed by atoms with van der Waals surface area (Å²) >= 11 is 0. The molecule has 5 nitrogen and oxygen atoms in total. The van der Waals surface area contributed by atoms with Gasteiger partial charge in [0.25, 0.3) is 0 Å². The Morgan fingerprint density at radius 3 is 2.50 bits per heavy atom. The van der Waals surface area contributed by atoms with Crippen LogP contribution in [-0.4, -0.2) is 23.1 Å². The predicted molar refractivity (Wildman–Crippen MR) is 97.6 cm³/mol. The van der Waals surface area contributed by atoms with E-state index in [9.17, 15) is 15.0 Å². The van der Waals surface area contributed by atoms with Gasteiger partial charge in [-0.2, -0.15) is 0 Å². The highest BCUT2D eigenvalue weighted by molar-refractivity contribution is 6.16. The highest BCUT2D eigenvalue weighted by Gasteiger charge is 2.53. The molecule has 0 saturated heterocycles. The van der Waals surface area contributed by atoms with Gasteiger partial charge in [0.15, 0.2) is 17.1 Å². The maximum atomic E-state index is 13.3. The molecule has 2 aromatic rings. The van der Waals surface area contributed by atoms with Crippen molar-refractivity contribution in [3.8, 4) is 11.5 Å². The van der Waals surface area contributed by atoms with Gasteiger partial charge in [0.2, 0.25) is 5.78 Å². The molecular weight excluding hydrogens is 332 g/mol. The summed E-state index contributed by atoms with van der Waals surface area (Å²) in [5, 5.41) is 22.3. The number of allylic oxidation sites excluding steroid dienone is 2. The van der Waals surface area contributed by atoms with Crippen molar-refractivity contribution >= 4 is 16.8 Å². The second-order valence-electron chi connectivity index (χ2n) is 8.35. The molecule has 1 atom stereocenters. The monoisotopic (exact) mass is 356 g/mol. The van der Waals surface area contributed by atoms with Crippen molar-refractivity contribution in [1.82, 2.24) is 0 Å². The Bertz CT molecular complexity index is 992. The number of fused-ring (bicyclic) bond motifs is 4. The lowest BCUT2D eigenvalue weighted by atomic mass is 9.54. The Balaban J connectivity index is 2.18. The summed E-state index contributed by atoms with van der Waals surface area (Å²) in [6.45, 7) is 7.97. The molecule has 2 aliphatic carbocycles. The number of phenolic OH excluding ortho intramolecular Hbond substituents is 2. The van der Waals surface area contributed by atoms with E-state index in [0.717, 1.165) is 24.8 Å². The molecular formula is C21H24O5. The number of hydrogen-bond acceptors (Lipinski definition) is 5. The number of ether oxygens (including phenoxy) is 1. The van der Waals surface area contributed by atoms with E-state index in [4.69, 9.17) is 9.15 Å². The summed E-state index contributed by atoms with van der Waals surface area (Å²) in [4.78, 5) is 13.3. The van der Waals surface area contributed by atoms with Gasteiger partial charge in [-0.3, -0.25) is 4.79 Å². The number of furan rings is 1. The summed E-state index contributed by atoms with van der Waals surface area (Å²) in [7, 11) is 1.49. The minimum Gasteiger partial charge on any atom is -0.506 e. The van der Waals surface area contributed by atoms with Crippen LogP contribution in [0.1, 0.15) is 61.7 Å². The number of phenols is 2. The van der Waals surface area contributed by atoms with Crippen LogP contribution in [-0.2, 0) is 10.2 Å². The molecule has 4 rings (SSSR count). The Morgan fingerprint density at radius 2 is 1.85 bits per heavy atom. The number of aryl methyl sites for hydroxylation is 1. The highest BCUT2D eigenvalue weighted by Crippen LogP contribution is 2.60. The molecule has 0 radical (unpaired) electrons. The second-order valence-corrected chi connectivity index (χ2v) is 8.35. The number of ketones is 1. The average molecular weight is 356 g/mol. The second kappa shape index (κ2) is 5.06. The van der Waals surface area contributed by atoms with E-state index in [2.05, 4.69) is 13.8 Å². The minimum absolute atomic E-state index is 0.0536. The largest absolute Gasteiger partial charge is 0.506 e. The third kappa shape index (κ3) is 1.89. The maximum absolute atomic E-state index is 13.3. The molecule has 2 N–H and O–H groups in total. The molecule has 1 fully saturated rings. The van der Waals surface area contributed by atoms with Crippen LogP contribution in [0.5, 0.6) is 11.5 Å². The molecule has 1 aromatic carbocycles. The molecule has 0 amide bonds. The summed E-state index contributed by atoms with van der Waals surface area (Å²) in [5.74, 6) is 0.280. The van der Waals surface area contributed by atoms with Crippen LogP contribution in [0.2, 0.25) is 0 Å². The van der Waals surface area contributed by atoms with Crippen molar-refractivity contribution in [2.45, 2.75) is 52.4 Å². The van der Waals surface area contributed by atoms with Crippen LogP contribution in [0.3, 0.4) is 0 Å². The standard InChI is InChI=1S/C21H24O5/c1-10-9-11-14(22)12-13(16(24)17(11)26-10)21(4)8-6-7-20(2,3)19(21)18(25-5)15(12)23/h9,22,24H,6-8H2,1-5H3.